The van der Waals surface area contributed by atoms with E-state index in [-0.39, 0.29) is 18.0 Å². The molecule has 2 heterocycles. The maximum absolute atomic E-state index is 13.4. The normalized spacial score (nSPS) is 29.1. The molecule has 28 heavy (non-hydrogen) atoms. The number of amides is 1. The Balaban J connectivity index is 1.68. The second-order valence-electron chi connectivity index (χ2n) is 7.32. The van der Waals surface area contributed by atoms with Gasteiger partial charge in [0.05, 0.1) is 18.0 Å². The van der Waals surface area contributed by atoms with Crippen LogP contribution in [0.1, 0.15) is 23.2 Å². The first-order valence-electron chi connectivity index (χ1n) is 9.44. The SMILES string of the molecule is O=C1N(c2ccccc2)C(c2ccccc2)C2C(c3ccccc3)NNC12O. The molecule has 0 saturated carbocycles. The number of hydrogen-bond acceptors (Lipinski definition) is 4. The number of hydrogen-bond donors (Lipinski definition) is 3. The first-order chi connectivity index (χ1) is 13.7. The lowest BCUT2D eigenvalue weighted by Gasteiger charge is -2.31. The number of aliphatic hydroxyl groups is 1. The quantitative estimate of drug-likeness (QED) is 0.662. The fourth-order valence-corrected chi connectivity index (χ4v) is 4.50. The number of benzene rings is 3. The van der Waals surface area contributed by atoms with E-state index in [2.05, 4.69) is 10.9 Å². The highest BCUT2D eigenvalue weighted by Crippen LogP contribution is 2.52. The smallest absolute Gasteiger partial charge is 0.276 e. The summed E-state index contributed by atoms with van der Waals surface area (Å²) in [6.45, 7) is 0. The van der Waals surface area contributed by atoms with Crippen molar-refractivity contribution in [3.05, 3.63) is 102 Å². The van der Waals surface area contributed by atoms with Crippen molar-refractivity contribution < 1.29 is 9.90 Å². The molecule has 5 nitrogen and oxygen atoms in total. The van der Waals surface area contributed by atoms with Gasteiger partial charge in [-0.2, -0.15) is 0 Å². The minimum absolute atomic E-state index is 0.214. The molecule has 3 aromatic carbocycles. The van der Waals surface area contributed by atoms with Gasteiger partial charge in [0.2, 0.25) is 5.72 Å². The summed E-state index contributed by atoms with van der Waals surface area (Å²) in [7, 11) is 0. The Bertz CT molecular complexity index is 981. The van der Waals surface area contributed by atoms with Gasteiger partial charge in [0.15, 0.2) is 0 Å². The van der Waals surface area contributed by atoms with Crippen molar-refractivity contribution in [2.75, 3.05) is 4.90 Å². The molecule has 3 aromatic rings. The first kappa shape index (κ1) is 17.1. The molecule has 2 saturated heterocycles. The third-order valence-corrected chi connectivity index (χ3v) is 5.76. The zero-order valence-corrected chi connectivity index (χ0v) is 15.2. The number of rotatable bonds is 3. The van der Waals surface area contributed by atoms with Crippen LogP contribution in [0.25, 0.3) is 0 Å². The van der Waals surface area contributed by atoms with Gasteiger partial charge in [-0.25, -0.2) is 10.9 Å². The molecule has 4 atom stereocenters. The van der Waals surface area contributed by atoms with E-state index in [1.165, 1.54) is 0 Å². The van der Waals surface area contributed by atoms with E-state index in [1.807, 2.05) is 91.0 Å². The predicted molar refractivity (Wildman–Crippen MR) is 107 cm³/mol. The Morgan fingerprint density at radius 2 is 1.32 bits per heavy atom. The maximum atomic E-state index is 13.4. The number of nitrogens with one attached hydrogen (secondary N) is 2. The summed E-state index contributed by atoms with van der Waals surface area (Å²) in [6, 6.07) is 28.9. The summed E-state index contributed by atoms with van der Waals surface area (Å²) in [5.41, 5.74) is 7.19. The number of anilines is 1. The molecule has 2 fully saturated rings. The van der Waals surface area contributed by atoms with Crippen LogP contribution < -0.4 is 15.8 Å². The lowest BCUT2D eigenvalue weighted by Crippen LogP contribution is -2.53. The van der Waals surface area contributed by atoms with Gasteiger partial charge in [-0.3, -0.25) is 4.79 Å². The second kappa shape index (κ2) is 6.56. The largest absolute Gasteiger partial charge is 0.366 e. The van der Waals surface area contributed by atoms with Crippen molar-refractivity contribution >= 4 is 11.6 Å². The number of nitrogens with zero attached hydrogens (tertiary/aromatic N) is 1. The van der Waals surface area contributed by atoms with E-state index in [0.29, 0.717) is 0 Å². The summed E-state index contributed by atoms with van der Waals surface area (Å²) in [4.78, 5) is 15.2. The van der Waals surface area contributed by atoms with Gasteiger partial charge in [-0.15, -0.1) is 0 Å². The molecule has 140 valence electrons. The molecule has 0 aromatic heterocycles. The molecule has 2 aliphatic heterocycles. The van der Waals surface area contributed by atoms with Crippen LogP contribution in [0.5, 0.6) is 0 Å². The first-order valence-corrected chi connectivity index (χ1v) is 9.44. The van der Waals surface area contributed by atoms with E-state index < -0.39 is 11.6 Å². The van der Waals surface area contributed by atoms with Crippen LogP contribution >= 0.6 is 0 Å². The highest BCUT2D eigenvalue weighted by atomic mass is 16.3. The summed E-state index contributed by atoms with van der Waals surface area (Å²) in [5.74, 6) is -0.742. The molecule has 5 heteroatoms. The monoisotopic (exact) mass is 371 g/mol. The summed E-state index contributed by atoms with van der Waals surface area (Å²) in [5, 5.41) is 11.4. The van der Waals surface area contributed by atoms with E-state index in [4.69, 9.17) is 0 Å². The molecule has 0 aliphatic carbocycles. The fourth-order valence-electron chi connectivity index (χ4n) is 4.50. The highest BCUT2D eigenvalue weighted by molar-refractivity contribution is 6.03. The maximum Gasteiger partial charge on any atom is 0.276 e. The van der Waals surface area contributed by atoms with Crippen molar-refractivity contribution in [2.45, 2.75) is 17.8 Å². The van der Waals surface area contributed by atoms with Crippen molar-refractivity contribution in [3.8, 4) is 0 Å². The molecule has 0 radical (unpaired) electrons. The van der Waals surface area contributed by atoms with E-state index in [9.17, 15) is 9.90 Å². The fraction of sp³-hybridized carbons (Fsp3) is 0.174. The van der Waals surface area contributed by atoms with Gasteiger partial charge in [-0.1, -0.05) is 78.9 Å². The molecular formula is C23H21N3O2. The second-order valence-corrected chi connectivity index (χ2v) is 7.32. The van der Waals surface area contributed by atoms with Gasteiger partial charge in [0.1, 0.15) is 0 Å². The molecular weight excluding hydrogens is 350 g/mol. The van der Waals surface area contributed by atoms with Crippen LogP contribution in [0.3, 0.4) is 0 Å². The molecule has 0 spiro atoms. The Labute approximate surface area is 163 Å². The predicted octanol–water partition coefficient (Wildman–Crippen LogP) is 2.93. The standard InChI is InChI=1S/C23H21N3O2/c27-22-23(28)19(20(24-25-23)16-10-4-1-5-11-16)21(17-12-6-2-7-13-17)26(22)18-14-8-3-9-15-18/h1-15,19-21,24-25,28H. The lowest BCUT2D eigenvalue weighted by molar-refractivity contribution is -0.137. The van der Waals surface area contributed by atoms with Crippen LogP contribution in [-0.4, -0.2) is 16.7 Å². The van der Waals surface area contributed by atoms with E-state index >= 15 is 0 Å². The molecule has 1 amide bonds. The third kappa shape index (κ3) is 2.48. The van der Waals surface area contributed by atoms with Crippen LogP contribution in [0, 0.1) is 5.92 Å². The lowest BCUT2D eigenvalue weighted by atomic mass is 9.81. The zero-order chi connectivity index (χ0) is 19.1. The zero-order valence-electron chi connectivity index (χ0n) is 15.2. The average Bonchev–Trinajstić information content (AvgIpc) is 3.21. The van der Waals surface area contributed by atoms with Gasteiger partial charge in [0, 0.05) is 5.69 Å². The Morgan fingerprint density at radius 3 is 1.93 bits per heavy atom. The van der Waals surface area contributed by atoms with E-state index in [0.717, 1.165) is 16.8 Å². The van der Waals surface area contributed by atoms with Crippen LogP contribution in [0.4, 0.5) is 5.69 Å². The minimum Gasteiger partial charge on any atom is -0.366 e. The number of para-hydroxylation sites is 1. The Kier molecular flexibility index (Phi) is 4.02. The van der Waals surface area contributed by atoms with E-state index in [1.54, 1.807) is 4.90 Å². The average molecular weight is 371 g/mol. The van der Waals surface area contributed by atoms with Gasteiger partial charge >= 0.3 is 0 Å². The number of fused-ring (bicyclic) bond motifs is 1. The van der Waals surface area contributed by atoms with Crippen molar-refractivity contribution in [1.82, 2.24) is 10.9 Å². The van der Waals surface area contributed by atoms with Gasteiger partial charge < -0.3 is 10.0 Å². The number of hydrazine groups is 1. The summed E-state index contributed by atoms with van der Waals surface area (Å²) >= 11 is 0. The van der Waals surface area contributed by atoms with Gasteiger partial charge in [-0.05, 0) is 23.3 Å². The molecule has 4 unspecified atom stereocenters. The summed E-state index contributed by atoms with van der Waals surface area (Å²) in [6.07, 6.45) is 0. The minimum atomic E-state index is -1.68. The molecule has 0 bridgehead atoms. The van der Waals surface area contributed by atoms with Crippen molar-refractivity contribution in [3.63, 3.8) is 0 Å². The Hall–Kier alpha value is -2.99. The van der Waals surface area contributed by atoms with Crippen LogP contribution in [0.15, 0.2) is 91.0 Å². The Morgan fingerprint density at radius 1 is 0.786 bits per heavy atom. The van der Waals surface area contributed by atoms with Crippen molar-refractivity contribution in [1.29, 1.82) is 0 Å². The van der Waals surface area contributed by atoms with Crippen LogP contribution in [-0.2, 0) is 4.79 Å². The number of carbonyl (C=O) groups is 1. The molecule has 3 N–H and O–H groups in total. The molecule has 2 aliphatic rings. The van der Waals surface area contributed by atoms with Crippen LogP contribution in [0.2, 0.25) is 0 Å². The third-order valence-electron chi connectivity index (χ3n) is 5.76. The van der Waals surface area contributed by atoms with Crippen molar-refractivity contribution in [2.24, 2.45) is 5.92 Å². The van der Waals surface area contributed by atoms with Gasteiger partial charge in [0.25, 0.3) is 5.91 Å². The number of carbonyl (C=O) groups excluding carboxylic acids is 1. The summed E-state index contributed by atoms with van der Waals surface area (Å²) < 4.78 is 0. The highest BCUT2D eigenvalue weighted by Gasteiger charge is 2.65. The molecule has 5 rings (SSSR count). The topological polar surface area (TPSA) is 64.6 Å².